The van der Waals surface area contributed by atoms with Gasteiger partial charge in [-0.3, -0.25) is 4.79 Å². The number of para-hydroxylation sites is 1. The molecule has 1 aromatic heterocycles. The van der Waals surface area contributed by atoms with E-state index in [-0.39, 0.29) is 23.7 Å². The standard InChI is InChI=1S/C20H21ClN6OS/c1-13(15-9-5-6-10-16(15)21)23-18(28)12-29-11-17-25-19(22)27-20(26-17)24-14-7-3-2-4-8-14/h2-10,13H,11-12H2,1H3,(H,23,28)(H3,22,24,25,26,27). The molecule has 0 saturated heterocycles. The largest absolute Gasteiger partial charge is 0.368 e. The van der Waals surface area contributed by atoms with Crippen molar-refractivity contribution >= 4 is 46.9 Å². The molecule has 0 aliphatic rings. The second kappa shape index (κ2) is 10.1. The monoisotopic (exact) mass is 428 g/mol. The predicted octanol–water partition coefficient (Wildman–Crippen LogP) is 3.96. The van der Waals surface area contributed by atoms with Gasteiger partial charge in [-0.2, -0.15) is 15.0 Å². The second-order valence-corrected chi connectivity index (χ2v) is 7.62. The minimum Gasteiger partial charge on any atom is -0.368 e. The second-order valence-electron chi connectivity index (χ2n) is 6.23. The number of hydrogen-bond acceptors (Lipinski definition) is 7. The molecule has 1 amide bonds. The minimum absolute atomic E-state index is 0.0907. The first-order valence-electron chi connectivity index (χ1n) is 8.95. The molecule has 0 fully saturated rings. The SMILES string of the molecule is CC(NC(=O)CSCc1nc(N)nc(Nc2ccccc2)n1)c1ccccc1Cl. The Morgan fingerprint density at radius 2 is 1.83 bits per heavy atom. The number of hydrogen-bond donors (Lipinski definition) is 3. The number of amides is 1. The molecule has 0 radical (unpaired) electrons. The van der Waals surface area contributed by atoms with Crippen molar-refractivity contribution in [3.63, 3.8) is 0 Å². The van der Waals surface area contributed by atoms with Crippen molar-refractivity contribution in [1.82, 2.24) is 20.3 Å². The summed E-state index contributed by atoms with van der Waals surface area (Å²) in [5.41, 5.74) is 7.52. The van der Waals surface area contributed by atoms with E-state index in [1.54, 1.807) is 6.07 Å². The summed E-state index contributed by atoms with van der Waals surface area (Å²) in [7, 11) is 0. The van der Waals surface area contributed by atoms with Gasteiger partial charge in [0.05, 0.1) is 17.5 Å². The van der Waals surface area contributed by atoms with Crippen LogP contribution in [0.2, 0.25) is 5.02 Å². The summed E-state index contributed by atoms with van der Waals surface area (Å²) in [6, 6.07) is 16.8. The predicted molar refractivity (Wildman–Crippen MR) is 118 cm³/mol. The number of thioether (sulfide) groups is 1. The lowest BCUT2D eigenvalue weighted by Crippen LogP contribution is -2.28. The zero-order chi connectivity index (χ0) is 20.6. The van der Waals surface area contributed by atoms with Crippen LogP contribution in [-0.2, 0) is 10.5 Å². The van der Waals surface area contributed by atoms with Gasteiger partial charge in [-0.25, -0.2) is 0 Å². The lowest BCUT2D eigenvalue weighted by atomic mass is 10.1. The number of nitrogens with one attached hydrogen (secondary N) is 2. The molecular formula is C20H21ClN6OS. The van der Waals surface area contributed by atoms with Gasteiger partial charge in [0, 0.05) is 10.7 Å². The van der Waals surface area contributed by atoms with Crippen LogP contribution in [0.4, 0.5) is 17.6 Å². The van der Waals surface area contributed by atoms with Gasteiger partial charge in [-0.1, -0.05) is 48.0 Å². The quantitative estimate of drug-likeness (QED) is 0.498. The molecule has 3 rings (SSSR count). The fourth-order valence-corrected chi connectivity index (χ4v) is 3.61. The van der Waals surface area contributed by atoms with Gasteiger partial charge < -0.3 is 16.4 Å². The van der Waals surface area contributed by atoms with E-state index in [2.05, 4.69) is 25.6 Å². The van der Waals surface area contributed by atoms with Crippen LogP contribution in [0.15, 0.2) is 54.6 Å². The zero-order valence-corrected chi connectivity index (χ0v) is 17.4. The summed E-state index contributed by atoms with van der Waals surface area (Å²) in [4.78, 5) is 24.8. The first-order chi connectivity index (χ1) is 14.0. The number of carbonyl (C=O) groups is 1. The molecule has 0 saturated carbocycles. The van der Waals surface area contributed by atoms with Gasteiger partial charge in [0.15, 0.2) is 0 Å². The van der Waals surface area contributed by atoms with Crippen LogP contribution in [-0.4, -0.2) is 26.6 Å². The summed E-state index contributed by atoms with van der Waals surface area (Å²) in [5.74, 6) is 1.62. The van der Waals surface area contributed by atoms with Gasteiger partial charge in [0.1, 0.15) is 5.82 Å². The van der Waals surface area contributed by atoms with Gasteiger partial charge in [0.2, 0.25) is 17.8 Å². The lowest BCUT2D eigenvalue weighted by Gasteiger charge is -2.15. The maximum absolute atomic E-state index is 12.2. The van der Waals surface area contributed by atoms with Crippen molar-refractivity contribution in [1.29, 1.82) is 0 Å². The topological polar surface area (TPSA) is 106 Å². The van der Waals surface area contributed by atoms with Crippen LogP contribution >= 0.6 is 23.4 Å². The summed E-state index contributed by atoms with van der Waals surface area (Å²) in [6.07, 6.45) is 0. The van der Waals surface area contributed by atoms with Crippen molar-refractivity contribution in [2.75, 3.05) is 16.8 Å². The minimum atomic E-state index is -0.175. The Bertz CT molecular complexity index is 972. The fourth-order valence-electron chi connectivity index (χ4n) is 2.63. The molecule has 9 heteroatoms. The number of nitrogens with zero attached hydrogens (tertiary/aromatic N) is 3. The van der Waals surface area contributed by atoms with Crippen LogP contribution in [0, 0.1) is 0 Å². The molecule has 0 spiro atoms. The summed E-state index contributed by atoms with van der Waals surface area (Å²) >= 11 is 7.58. The Morgan fingerprint density at radius 3 is 2.59 bits per heavy atom. The average Bonchev–Trinajstić information content (AvgIpc) is 2.68. The maximum atomic E-state index is 12.2. The van der Waals surface area contributed by atoms with Crippen molar-refractivity contribution in [3.05, 3.63) is 71.0 Å². The summed E-state index contributed by atoms with van der Waals surface area (Å²) in [6.45, 7) is 1.90. The highest BCUT2D eigenvalue weighted by Gasteiger charge is 2.13. The van der Waals surface area contributed by atoms with Crippen LogP contribution in [0.25, 0.3) is 0 Å². The number of halogens is 1. The van der Waals surface area contributed by atoms with E-state index < -0.39 is 0 Å². The number of carbonyl (C=O) groups excluding carboxylic acids is 1. The molecule has 0 aliphatic carbocycles. The third-order valence-electron chi connectivity index (χ3n) is 3.94. The third kappa shape index (κ3) is 6.33. The molecule has 3 aromatic rings. The number of nitrogen functional groups attached to an aromatic ring is 1. The molecular weight excluding hydrogens is 408 g/mol. The Morgan fingerprint density at radius 1 is 1.10 bits per heavy atom. The van der Waals surface area contributed by atoms with Crippen LogP contribution in [0.5, 0.6) is 0 Å². The molecule has 7 nitrogen and oxygen atoms in total. The average molecular weight is 429 g/mol. The molecule has 1 unspecified atom stereocenters. The molecule has 29 heavy (non-hydrogen) atoms. The first kappa shape index (κ1) is 20.9. The fraction of sp³-hybridized carbons (Fsp3) is 0.200. The van der Waals surface area contributed by atoms with Crippen molar-refractivity contribution in [2.45, 2.75) is 18.7 Å². The number of benzene rings is 2. The Kier molecular flexibility index (Phi) is 7.26. The number of nitrogens with two attached hydrogens (primary N) is 1. The van der Waals surface area contributed by atoms with E-state index in [1.165, 1.54) is 11.8 Å². The summed E-state index contributed by atoms with van der Waals surface area (Å²) < 4.78 is 0. The van der Waals surface area contributed by atoms with E-state index in [9.17, 15) is 4.79 Å². The number of rotatable bonds is 8. The first-order valence-corrected chi connectivity index (χ1v) is 10.5. The molecule has 4 N–H and O–H groups in total. The van der Waals surface area contributed by atoms with Gasteiger partial charge in [0.25, 0.3) is 0 Å². The third-order valence-corrected chi connectivity index (χ3v) is 5.22. The van der Waals surface area contributed by atoms with Crippen molar-refractivity contribution < 1.29 is 4.79 Å². The van der Waals surface area contributed by atoms with E-state index in [1.807, 2.05) is 55.5 Å². The molecule has 2 aromatic carbocycles. The highest BCUT2D eigenvalue weighted by molar-refractivity contribution is 7.99. The Balaban J connectivity index is 1.52. The highest BCUT2D eigenvalue weighted by Crippen LogP contribution is 2.22. The number of aromatic nitrogens is 3. The van der Waals surface area contributed by atoms with Crippen LogP contribution < -0.4 is 16.4 Å². The summed E-state index contributed by atoms with van der Waals surface area (Å²) in [5, 5.41) is 6.67. The molecule has 0 bridgehead atoms. The maximum Gasteiger partial charge on any atom is 0.232 e. The van der Waals surface area contributed by atoms with Gasteiger partial charge in [-0.15, -0.1) is 11.8 Å². The normalized spacial score (nSPS) is 11.7. The molecule has 150 valence electrons. The highest BCUT2D eigenvalue weighted by atomic mass is 35.5. The lowest BCUT2D eigenvalue weighted by molar-refractivity contribution is -0.119. The number of anilines is 3. The van der Waals surface area contributed by atoms with Crippen LogP contribution in [0.3, 0.4) is 0 Å². The van der Waals surface area contributed by atoms with Gasteiger partial charge >= 0.3 is 0 Å². The Hall–Kier alpha value is -2.84. The van der Waals surface area contributed by atoms with E-state index in [0.717, 1.165) is 11.3 Å². The van der Waals surface area contributed by atoms with Crippen molar-refractivity contribution in [3.8, 4) is 0 Å². The van der Waals surface area contributed by atoms with E-state index in [0.29, 0.717) is 22.5 Å². The molecule has 1 atom stereocenters. The van der Waals surface area contributed by atoms with Gasteiger partial charge in [-0.05, 0) is 30.7 Å². The zero-order valence-electron chi connectivity index (χ0n) is 15.8. The van der Waals surface area contributed by atoms with Crippen LogP contribution in [0.1, 0.15) is 24.4 Å². The van der Waals surface area contributed by atoms with E-state index in [4.69, 9.17) is 17.3 Å². The molecule has 1 heterocycles. The Labute approximate surface area is 178 Å². The molecule has 0 aliphatic heterocycles. The smallest absolute Gasteiger partial charge is 0.232 e. The van der Waals surface area contributed by atoms with E-state index >= 15 is 0 Å². The van der Waals surface area contributed by atoms with Crippen molar-refractivity contribution in [2.24, 2.45) is 0 Å².